The average molecular weight is 312 g/mol. The van der Waals surface area contributed by atoms with Crippen LogP contribution in [0.1, 0.15) is 10.4 Å². The van der Waals surface area contributed by atoms with Crippen molar-refractivity contribution in [1.29, 1.82) is 0 Å². The van der Waals surface area contributed by atoms with Gasteiger partial charge in [-0.15, -0.1) is 0 Å². The van der Waals surface area contributed by atoms with E-state index in [1.54, 1.807) is 0 Å². The Kier molecular flexibility index (Phi) is 5.11. The maximum atomic E-state index is 12.8. The molecule has 110 valence electrons. The van der Waals surface area contributed by atoms with E-state index in [-0.39, 0.29) is 24.1 Å². The number of benzene rings is 2. The summed E-state index contributed by atoms with van der Waals surface area (Å²) in [6.07, 6.45) is 0. The zero-order chi connectivity index (χ0) is 15.2. The summed E-state index contributed by atoms with van der Waals surface area (Å²) in [6, 6.07) is 9.00. The third kappa shape index (κ3) is 4.43. The van der Waals surface area contributed by atoms with Gasteiger partial charge in [0.15, 0.2) is 0 Å². The van der Waals surface area contributed by atoms with Gasteiger partial charge in [0.2, 0.25) is 0 Å². The van der Waals surface area contributed by atoms with Gasteiger partial charge in [-0.05, 0) is 42.5 Å². The average Bonchev–Trinajstić information content (AvgIpc) is 2.46. The third-order valence-corrected chi connectivity index (χ3v) is 2.94. The minimum atomic E-state index is -0.447. The van der Waals surface area contributed by atoms with Crippen molar-refractivity contribution in [1.82, 2.24) is 5.32 Å². The van der Waals surface area contributed by atoms with Crippen molar-refractivity contribution < 1.29 is 18.3 Å². The fourth-order valence-corrected chi connectivity index (χ4v) is 1.84. The van der Waals surface area contributed by atoms with E-state index in [2.05, 4.69) is 5.32 Å². The van der Waals surface area contributed by atoms with Crippen molar-refractivity contribution in [2.45, 2.75) is 0 Å². The first kappa shape index (κ1) is 15.3. The van der Waals surface area contributed by atoms with Gasteiger partial charge in [0.05, 0.1) is 11.6 Å². The number of rotatable bonds is 5. The minimum Gasteiger partial charge on any atom is -0.490 e. The number of amides is 1. The predicted molar refractivity (Wildman–Crippen MR) is 75.6 cm³/mol. The summed E-state index contributed by atoms with van der Waals surface area (Å²) in [4.78, 5) is 11.7. The van der Waals surface area contributed by atoms with E-state index in [0.717, 1.165) is 6.07 Å². The number of nitrogens with one attached hydrogen (secondary N) is 1. The van der Waals surface area contributed by atoms with Crippen molar-refractivity contribution in [3.63, 3.8) is 0 Å². The number of hydrogen-bond acceptors (Lipinski definition) is 2. The molecule has 0 bridgehead atoms. The van der Waals surface area contributed by atoms with Crippen LogP contribution in [0.5, 0.6) is 5.75 Å². The Balaban J connectivity index is 1.79. The van der Waals surface area contributed by atoms with Crippen LogP contribution in [0.4, 0.5) is 8.78 Å². The van der Waals surface area contributed by atoms with Gasteiger partial charge in [-0.3, -0.25) is 4.79 Å². The second kappa shape index (κ2) is 7.04. The van der Waals surface area contributed by atoms with E-state index in [1.807, 2.05) is 0 Å². The molecule has 3 nitrogen and oxygen atoms in total. The molecule has 0 spiro atoms. The molecule has 0 radical (unpaired) electrons. The van der Waals surface area contributed by atoms with Crippen molar-refractivity contribution >= 4 is 17.5 Å². The van der Waals surface area contributed by atoms with Crippen LogP contribution in [-0.4, -0.2) is 19.1 Å². The smallest absolute Gasteiger partial charge is 0.251 e. The molecule has 0 aliphatic heterocycles. The van der Waals surface area contributed by atoms with E-state index in [1.165, 1.54) is 36.4 Å². The van der Waals surface area contributed by atoms with E-state index < -0.39 is 11.6 Å². The van der Waals surface area contributed by atoms with E-state index in [9.17, 15) is 13.6 Å². The summed E-state index contributed by atoms with van der Waals surface area (Å²) >= 11 is 5.79. The van der Waals surface area contributed by atoms with Gasteiger partial charge in [-0.1, -0.05) is 11.6 Å². The highest BCUT2D eigenvalue weighted by atomic mass is 35.5. The number of halogens is 3. The normalized spacial score (nSPS) is 10.2. The molecule has 0 fully saturated rings. The Morgan fingerprint density at radius 1 is 1.10 bits per heavy atom. The number of carbonyl (C=O) groups is 1. The Bertz CT molecular complexity index is 632. The number of ether oxygens (including phenoxy) is 1. The summed E-state index contributed by atoms with van der Waals surface area (Å²) in [5, 5.41) is 2.78. The molecule has 21 heavy (non-hydrogen) atoms. The monoisotopic (exact) mass is 311 g/mol. The third-order valence-electron chi connectivity index (χ3n) is 2.65. The van der Waals surface area contributed by atoms with Crippen LogP contribution < -0.4 is 10.1 Å². The first-order chi connectivity index (χ1) is 10.1. The maximum absolute atomic E-state index is 12.8. The molecular weight excluding hydrogens is 300 g/mol. The second-order valence-electron chi connectivity index (χ2n) is 4.19. The Labute approximate surface area is 125 Å². The van der Waals surface area contributed by atoms with Crippen molar-refractivity contribution in [3.05, 3.63) is 64.7 Å². The summed E-state index contributed by atoms with van der Waals surface area (Å²) < 4.78 is 30.9. The van der Waals surface area contributed by atoms with Crippen LogP contribution in [0.25, 0.3) is 0 Å². The topological polar surface area (TPSA) is 38.3 Å². The Hall–Kier alpha value is -2.14. The van der Waals surface area contributed by atoms with Crippen molar-refractivity contribution in [3.8, 4) is 5.75 Å². The molecular formula is C15H12ClF2NO2. The maximum Gasteiger partial charge on any atom is 0.251 e. The lowest BCUT2D eigenvalue weighted by Gasteiger charge is -2.09. The molecule has 2 aromatic rings. The van der Waals surface area contributed by atoms with Gasteiger partial charge in [0, 0.05) is 5.56 Å². The van der Waals surface area contributed by atoms with E-state index >= 15 is 0 Å². The highest BCUT2D eigenvalue weighted by molar-refractivity contribution is 6.32. The van der Waals surface area contributed by atoms with Crippen LogP contribution in [0.15, 0.2) is 42.5 Å². The van der Waals surface area contributed by atoms with Crippen molar-refractivity contribution in [2.24, 2.45) is 0 Å². The van der Waals surface area contributed by atoms with Gasteiger partial charge < -0.3 is 10.1 Å². The molecule has 2 rings (SSSR count). The van der Waals surface area contributed by atoms with Gasteiger partial charge >= 0.3 is 0 Å². The standard InChI is InChI=1S/C15H12ClF2NO2/c16-13-9-12(18)5-6-14(13)21-8-7-19-15(20)10-1-3-11(17)4-2-10/h1-6,9H,7-8H2,(H,19,20). The van der Waals surface area contributed by atoms with Gasteiger partial charge in [0.25, 0.3) is 5.91 Å². The molecule has 0 saturated carbocycles. The fraction of sp³-hybridized carbons (Fsp3) is 0.133. The predicted octanol–water partition coefficient (Wildman–Crippen LogP) is 3.43. The molecule has 2 aromatic carbocycles. The Morgan fingerprint density at radius 3 is 2.43 bits per heavy atom. The molecule has 0 aliphatic rings. The molecule has 1 amide bonds. The van der Waals surface area contributed by atoms with E-state index in [4.69, 9.17) is 16.3 Å². The van der Waals surface area contributed by atoms with Crippen LogP contribution >= 0.6 is 11.6 Å². The molecule has 1 N–H and O–H groups in total. The second-order valence-corrected chi connectivity index (χ2v) is 4.59. The molecule has 0 aromatic heterocycles. The quantitative estimate of drug-likeness (QED) is 0.859. The van der Waals surface area contributed by atoms with E-state index in [0.29, 0.717) is 11.3 Å². The zero-order valence-corrected chi connectivity index (χ0v) is 11.7. The number of carbonyl (C=O) groups excluding carboxylic acids is 1. The van der Waals surface area contributed by atoms with Gasteiger partial charge in [0.1, 0.15) is 24.0 Å². The highest BCUT2D eigenvalue weighted by Crippen LogP contribution is 2.24. The SMILES string of the molecule is O=C(NCCOc1ccc(F)cc1Cl)c1ccc(F)cc1. The summed E-state index contributed by atoms with van der Waals surface area (Å²) in [5.74, 6) is -0.837. The first-order valence-electron chi connectivity index (χ1n) is 6.18. The highest BCUT2D eigenvalue weighted by Gasteiger charge is 2.06. The van der Waals surface area contributed by atoms with Crippen molar-refractivity contribution in [2.75, 3.05) is 13.2 Å². The molecule has 6 heteroatoms. The summed E-state index contributed by atoms with van der Waals surface area (Å²) in [5.41, 5.74) is 0.358. The molecule has 0 saturated heterocycles. The molecule has 0 aliphatic carbocycles. The lowest BCUT2D eigenvalue weighted by molar-refractivity contribution is 0.0947. The summed E-state index contributed by atoms with van der Waals surface area (Å²) in [7, 11) is 0. The van der Waals surface area contributed by atoms with Crippen LogP contribution in [-0.2, 0) is 0 Å². The fourth-order valence-electron chi connectivity index (χ4n) is 1.62. The number of hydrogen-bond donors (Lipinski definition) is 1. The lowest BCUT2D eigenvalue weighted by Crippen LogP contribution is -2.28. The van der Waals surface area contributed by atoms with Crippen LogP contribution in [0, 0.1) is 11.6 Å². The van der Waals surface area contributed by atoms with Gasteiger partial charge in [-0.25, -0.2) is 8.78 Å². The molecule has 0 heterocycles. The Morgan fingerprint density at radius 2 is 1.76 bits per heavy atom. The molecule has 0 unspecified atom stereocenters. The van der Waals surface area contributed by atoms with Crippen LogP contribution in [0.3, 0.4) is 0 Å². The van der Waals surface area contributed by atoms with Gasteiger partial charge in [-0.2, -0.15) is 0 Å². The zero-order valence-electron chi connectivity index (χ0n) is 10.9. The first-order valence-corrected chi connectivity index (χ1v) is 6.55. The minimum absolute atomic E-state index is 0.167. The largest absolute Gasteiger partial charge is 0.490 e. The molecule has 0 atom stereocenters. The van der Waals surface area contributed by atoms with Crippen LogP contribution in [0.2, 0.25) is 5.02 Å². The lowest BCUT2D eigenvalue weighted by atomic mass is 10.2. The summed E-state index contributed by atoms with van der Waals surface area (Å²) in [6.45, 7) is 0.419.